The van der Waals surface area contributed by atoms with Crippen molar-refractivity contribution < 1.29 is 19.4 Å². The highest BCUT2D eigenvalue weighted by Crippen LogP contribution is 2.16. The van der Waals surface area contributed by atoms with E-state index in [9.17, 15) is 9.90 Å². The first-order valence-corrected chi connectivity index (χ1v) is 6.63. The standard InChI is InChI=1S/C13H25NO4/c1-13(2,3)18-12(16)14-9-10(15)8-11-6-4-5-7-17-11/h10-11,15H,4-9H2,1-3H3,(H,14,16)/t10-,11?/m1/s1. The van der Waals surface area contributed by atoms with Gasteiger partial charge in [-0.2, -0.15) is 0 Å². The molecule has 1 aliphatic heterocycles. The number of carbonyl (C=O) groups is 1. The molecule has 5 nitrogen and oxygen atoms in total. The Labute approximate surface area is 109 Å². The Kier molecular flexibility index (Phi) is 5.88. The third-order valence-electron chi connectivity index (χ3n) is 2.69. The van der Waals surface area contributed by atoms with Crippen LogP contribution < -0.4 is 5.32 Å². The average molecular weight is 259 g/mol. The lowest BCUT2D eigenvalue weighted by Gasteiger charge is -2.25. The van der Waals surface area contributed by atoms with Crippen LogP contribution in [0.15, 0.2) is 0 Å². The number of ether oxygens (including phenoxy) is 2. The molecule has 1 rings (SSSR count). The topological polar surface area (TPSA) is 67.8 Å². The fourth-order valence-electron chi connectivity index (χ4n) is 1.90. The van der Waals surface area contributed by atoms with Crippen molar-refractivity contribution in [1.29, 1.82) is 0 Å². The van der Waals surface area contributed by atoms with Gasteiger partial charge in [-0.25, -0.2) is 4.79 Å². The highest BCUT2D eigenvalue weighted by atomic mass is 16.6. The molecule has 0 aromatic carbocycles. The zero-order chi connectivity index (χ0) is 13.6. The van der Waals surface area contributed by atoms with Crippen molar-refractivity contribution in [1.82, 2.24) is 5.32 Å². The number of alkyl carbamates (subject to hydrolysis) is 1. The van der Waals surface area contributed by atoms with Crippen molar-refractivity contribution in [3.05, 3.63) is 0 Å². The van der Waals surface area contributed by atoms with Crippen molar-refractivity contribution in [3.63, 3.8) is 0 Å². The van der Waals surface area contributed by atoms with E-state index in [0.29, 0.717) is 6.42 Å². The summed E-state index contributed by atoms with van der Waals surface area (Å²) < 4.78 is 10.6. The van der Waals surface area contributed by atoms with E-state index in [0.717, 1.165) is 25.9 Å². The molecule has 1 fully saturated rings. The molecule has 106 valence electrons. The van der Waals surface area contributed by atoms with Crippen LogP contribution in [0.3, 0.4) is 0 Å². The number of hydrogen-bond acceptors (Lipinski definition) is 4. The monoisotopic (exact) mass is 259 g/mol. The summed E-state index contributed by atoms with van der Waals surface area (Å²) in [6.45, 7) is 6.39. The molecule has 5 heteroatoms. The zero-order valence-electron chi connectivity index (χ0n) is 11.6. The van der Waals surface area contributed by atoms with E-state index in [-0.39, 0.29) is 12.6 Å². The summed E-state index contributed by atoms with van der Waals surface area (Å²) in [5.41, 5.74) is -0.512. The Morgan fingerprint density at radius 1 is 1.50 bits per heavy atom. The van der Waals surface area contributed by atoms with Crippen molar-refractivity contribution >= 4 is 6.09 Å². The molecule has 1 aliphatic rings. The Morgan fingerprint density at radius 2 is 2.22 bits per heavy atom. The molecule has 1 saturated heterocycles. The fraction of sp³-hybridized carbons (Fsp3) is 0.923. The predicted octanol–water partition coefficient (Wildman–Crippen LogP) is 1.83. The molecule has 2 N–H and O–H groups in total. The first-order valence-electron chi connectivity index (χ1n) is 6.63. The second-order valence-corrected chi connectivity index (χ2v) is 5.76. The van der Waals surface area contributed by atoms with Gasteiger partial charge in [0.1, 0.15) is 5.60 Å². The van der Waals surface area contributed by atoms with Crippen LogP contribution >= 0.6 is 0 Å². The molecule has 0 spiro atoms. The van der Waals surface area contributed by atoms with Gasteiger partial charge in [0.15, 0.2) is 0 Å². The second kappa shape index (κ2) is 6.95. The molecule has 0 aliphatic carbocycles. The summed E-state index contributed by atoms with van der Waals surface area (Å²) in [6, 6.07) is 0. The van der Waals surface area contributed by atoms with Crippen LogP contribution in [-0.2, 0) is 9.47 Å². The maximum atomic E-state index is 11.4. The minimum atomic E-state index is -0.583. The van der Waals surface area contributed by atoms with Crippen LogP contribution in [0.1, 0.15) is 46.5 Å². The van der Waals surface area contributed by atoms with Gasteiger partial charge < -0.3 is 19.9 Å². The van der Waals surface area contributed by atoms with Crippen molar-refractivity contribution in [2.45, 2.75) is 64.3 Å². The van der Waals surface area contributed by atoms with Crippen molar-refractivity contribution in [2.24, 2.45) is 0 Å². The number of carbonyl (C=O) groups excluding carboxylic acids is 1. The molecular weight excluding hydrogens is 234 g/mol. The summed E-state index contributed by atoms with van der Waals surface area (Å²) in [7, 11) is 0. The van der Waals surface area contributed by atoms with Gasteiger partial charge in [-0.1, -0.05) is 0 Å². The normalized spacial score (nSPS) is 22.3. The summed E-state index contributed by atoms with van der Waals surface area (Å²) in [6.07, 6.45) is 2.85. The third kappa shape index (κ3) is 6.81. The molecule has 1 unspecified atom stereocenters. The van der Waals surface area contributed by atoms with Gasteiger partial charge in [0.2, 0.25) is 0 Å². The van der Waals surface area contributed by atoms with Gasteiger partial charge in [-0.3, -0.25) is 0 Å². The molecule has 18 heavy (non-hydrogen) atoms. The lowest BCUT2D eigenvalue weighted by molar-refractivity contribution is -0.0155. The quantitative estimate of drug-likeness (QED) is 0.808. The zero-order valence-corrected chi connectivity index (χ0v) is 11.6. The SMILES string of the molecule is CC(C)(C)OC(=O)NC[C@H](O)CC1CCCCO1. The van der Waals surface area contributed by atoms with Gasteiger partial charge in [0.25, 0.3) is 0 Å². The van der Waals surface area contributed by atoms with Crippen LogP contribution in [0.25, 0.3) is 0 Å². The summed E-state index contributed by atoms with van der Waals surface area (Å²) in [4.78, 5) is 11.4. The molecule has 1 heterocycles. The van der Waals surface area contributed by atoms with E-state index in [4.69, 9.17) is 9.47 Å². The Hall–Kier alpha value is -0.810. The number of aliphatic hydroxyl groups excluding tert-OH is 1. The molecular formula is C13H25NO4. The second-order valence-electron chi connectivity index (χ2n) is 5.76. The number of aliphatic hydroxyl groups is 1. The molecule has 0 aromatic rings. The van der Waals surface area contributed by atoms with Gasteiger partial charge in [0.05, 0.1) is 12.2 Å². The van der Waals surface area contributed by atoms with E-state index in [1.54, 1.807) is 20.8 Å². The van der Waals surface area contributed by atoms with E-state index < -0.39 is 17.8 Å². The molecule has 0 radical (unpaired) electrons. The summed E-state index contributed by atoms with van der Waals surface area (Å²) in [5.74, 6) is 0. The minimum Gasteiger partial charge on any atom is -0.444 e. The maximum absolute atomic E-state index is 11.4. The molecule has 2 atom stereocenters. The van der Waals surface area contributed by atoms with Crippen LogP contribution in [0.2, 0.25) is 0 Å². The molecule has 0 bridgehead atoms. The average Bonchev–Trinajstić information content (AvgIpc) is 2.25. The van der Waals surface area contributed by atoms with Crippen LogP contribution in [0, 0.1) is 0 Å². The van der Waals surface area contributed by atoms with Gasteiger partial charge >= 0.3 is 6.09 Å². The lowest BCUT2D eigenvalue weighted by Crippen LogP contribution is -2.38. The van der Waals surface area contributed by atoms with E-state index in [2.05, 4.69) is 5.32 Å². The molecule has 1 amide bonds. The fourth-order valence-corrected chi connectivity index (χ4v) is 1.90. The smallest absolute Gasteiger partial charge is 0.407 e. The highest BCUT2D eigenvalue weighted by Gasteiger charge is 2.20. The third-order valence-corrected chi connectivity index (χ3v) is 2.69. The van der Waals surface area contributed by atoms with Crippen LogP contribution in [-0.4, -0.2) is 42.2 Å². The van der Waals surface area contributed by atoms with Gasteiger partial charge in [0, 0.05) is 19.6 Å². The first-order chi connectivity index (χ1) is 8.37. The van der Waals surface area contributed by atoms with E-state index in [1.165, 1.54) is 0 Å². The predicted molar refractivity (Wildman–Crippen MR) is 68.5 cm³/mol. The number of amides is 1. The molecule has 0 aromatic heterocycles. The van der Waals surface area contributed by atoms with Gasteiger partial charge in [-0.15, -0.1) is 0 Å². The van der Waals surface area contributed by atoms with Crippen LogP contribution in [0.4, 0.5) is 4.79 Å². The maximum Gasteiger partial charge on any atom is 0.407 e. The Bertz CT molecular complexity index is 256. The van der Waals surface area contributed by atoms with Crippen LogP contribution in [0.5, 0.6) is 0 Å². The lowest BCUT2D eigenvalue weighted by atomic mass is 10.0. The number of rotatable bonds is 4. The summed E-state index contributed by atoms with van der Waals surface area (Å²) >= 11 is 0. The van der Waals surface area contributed by atoms with Gasteiger partial charge in [-0.05, 0) is 40.0 Å². The molecule has 0 saturated carbocycles. The number of hydrogen-bond donors (Lipinski definition) is 2. The summed E-state index contributed by atoms with van der Waals surface area (Å²) in [5, 5.41) is 12.4. The largest absolute Gasteiger partial charge is 0.444 e. The van der Waals surface area contributed by atoms with Crippen molar-refractivity contribution in [3.8, 4) is 0 Å². The number of nitrogens with one attached hydrogen (secondary N) is 1. The Balaban J connectivity index is 2.16. The van der Waals surface area contributed by atoms with E-state index >= 15 is 0 Å². The van der Waals surface area contributed by atoms with E-state index in [1.807, 2.05) is 0 Å². The highest BCUT2D eigenvalue weighted by molar-refractivity contribution is 5.67. The first kappa shape index (κ1) is 15.2. The minimum absolute atomic E-state index is 0.120. The Morgan fingerprint density at radius 3 is 2.78 bits per heavy atom. The van der Waals surface area contributed by atoms with Crippen molar-refractivity contribution in [2.75, 3.05) is 13.2 Å².